The van der Waals surface area contributed by atoms with E-state index in [1.807, 2.05) is 0 Å². The molecule has 3 rings (SSSR count). The van der Waals surface area contributed by atoms with Crippen LogP contribution in [0.1, 0.15) is 16.1 Å². The third-order valence-corrected chi connectivity index (χ3v) is 3.63. The molecule has 0 aliphatic carbocycles. The van der Waals surface area contributed by atoms with Crippen molar-refractivity contribution in [1.82, 2.24) is 5.32 Å². The highest BCUT2D eigenvalue weighted by Crippen LogP contribution is 2.27. The summed E-state index contributed by atoms with van der Waals surface area (Å²) in [7, 11) is 1.56. The van der Waals surface area contributed by atoms with Crippen molar-refractivity contribution in [1.29, 1.82) is 0 Å². The van der Waals surface area contributed by atoms with Crippen LogP contribution in [-0.2, 0) is 6.54 Å². The maximum atomic E-state index is 12.2. The van der Waals surface area contributed by atoms with E-state index in [1.165, 1.54) is 0 Å². The van der Waals surface area contributed by atoms with Crippen molar-refractivity contribution < 1.29 is 24.2 Å². The molecule has 0 saturated heterocycles. The molecule has 0 aliphatic heterocycles. The second-order valence-corrected chi connectivity index (χ2v) is 5.34. The molecule has 1 heterocycles. The van der Waals surface area contributed by atoms with Crippen LogP contribution in [0, 0.1) is 0 Å². The number of hydrogen-bond donors (Lipinski definition) is 3. The summed E-state index contributed by atoms with van der Waals surface area (Å²) in [6, 6.07) is 10.3. The Kier molecular flexibility index (Phi) is 4.30. The van der Waals surface area contributed by atoms with E-state index in [0.29, 0.717) is 5.75 Å². The number of phenolic OH excluding ortho intramolecular Hbond substituents is 2. The van der Waals surface area contributed by atoms with Crippen molar-refractivity contribution >= 4 is 16.9 Å². The van der Waals surface area contributed by atoms with Gasteiger partial charge in [0.05, 0.1) is 7.11 Å². The minimum atomic E-state index is -0.586. The van der Waals surface area contributed by atoms with Gasteiger partial charge in [-0.1, -0.05) is 12.1 Å². The number of methoxy groups -OCH3 is 1. The lowest BCUT2D eigenvalue weighted by atomic mass is 10.2. The molecule has 0 unspecified atom stereocenters. The van der Waals surface area contributed by atoms with Gasteiger partial charge in [0.2, 0.25) is 0 Å². The molecule has 0 atom stereocenters. The van der Waals surface area contributed by atoms with E-state index in [2.05, 4.69) is 5.32 Å². The minimum Gasteiger partial charge on any atom is -0.508 e. The average molecular weight is 341 g/mol. The number of carbonyl (C=O) groups is 1. The van der Waals surface area contributed by atoms with Crippen LogP contribution < -0.4 is 15.5 Å². The Morgan fingerprint density at radius 3 is 2.56 bits per heavy atom. The van der Waals surface area contributed by atoms with E-state index in [1.54, 1.807) is 31.4 Å². The van der Waals surface area contributed by atoms with E-state index < -0.39 is 17.1 Å². The topological polar surface area (TPSA) is 109 Å². The SMILES string of the molecule is COc1ccc(CNC(=O)c2cc(=O)c3c(O)cc(O)cc3o2)cc1. The number of phenols is 2. The number of nitrogens with one attached hydrogen (secondary N) is 1. The number of fused-ring (bicyclic) bond motifs is 1. The first-order valence-electron chi connectivity index (χ1n) is 7.39. The van der Waals surface area contributed by atoms with Crippen LogP contribution in [0.15, 0.2) is 51.7 Å². The molecule has 0 spiro atoms. The summed E-state index contributed by atoms with van der Waals surface area (Å²) >= 11 is 0. The second-order valence-electron chi connectivity index (χ2n) is 5.34. The molecule has 128 valence electrons. The number of hydrogen-bond acceptors (Lipinski definition) is 6. The third kappa shape index (κ3) is 3.40. The predicted molar refractivity (Wildman–Crippen MR) is 90.0 cm³/mol. The Labute approximate surface area is 142 Å². The number of ether oxygens (including phenoxy) is 1. The second kappa shape index (κ2) is 6.56. The van der Waals surface area contributed by atoms with Crippen molar-refractivity contribution in [2.24, 2.45) is 0 Å². The van der Waals surface area contributed by atoms with Crippen LogP contribution >= 0.6 is 0 Å². The first-order valence-corrected chi connectivity index (χ1v) is 7.39. The third-order valence-electron chi connectivity index (χ3n) is 3.63. The van der Waals surface area contributed by atoms with E-state index in [-0.39, 0.29) is 29.0 Å². The fraction of sp³-hybridized carbons (Fsp3) is 0.111. The van der Waals surface area contributed by atoms with Crippen molar-refractivity contribution in [3.63, 3.8) is 0 Å². The normalized spacial score (nSPS) is 10.6. The zero-order valence-corrected chi connectivity index (χ0v) is 13.3. The standard InChI is InChI=1S/C18H15NO6/c1-24-12-4-2-10(3-5-12)9-19-18(23)16-8-14(22)17-13(21)6-11(20)7-15(17)25-16/h2-8,20-21H,9H2,1H3,(H,19,23). The van der Waals surface area contributed by atoms with Gasteiger partial charge in [0, 0.05) is 24.7 Å². The Morgan fingerprint density at radius 1 is 1.16 bits per heavy atom. The van der Waals surface area contributed by atoms with Crippen LogP contribution in [0.2, 0.25) is 0 Å². The quantitative estimate of drug-likeness (QED) is 0.671. The van der Waals surface area contributed by atoms with Gasteiger partial charge in [0.1, 0.15) is 28.2 Å². The van der Waals surface area contributed by atoms with Gasteiger partial charge < -0.3 is 24.7 Å². The number of rotatable bonds is 4. The van der Waals surface area contributed by atoms with Gasteiger partial charge in [-0.05, 0) is 17.7 Å². The monoisotopic (exact) mass is 341 g/mol. The van der Waals surface area contributed by atoms with Gasteiger partial charge in [0.25, 0.3) is 5.91 Å². The maximum absolute atomic E-state index is 12.2. The van der Waals surface area contributed by atoms with Crippen LogP contribution in [0.25, 0.3) is 11.0 Å². The fourth-order valence-electron chi connectivity index (χ4n) is 2.38. The molecule has 2 aromatic carbocycles. The van der Waals surface area contributed by atoms with Crippen LogP contribution in [0.3, 0.4) is 0 Å². The molecule has 0 aliphatic rings. The molecule has 3 N–H and O–H groups in total. The summed E-state index contributed by atoms with van der Waals surface area (Å²) < 4.78 is 10.4. The molecular weight excluding hydrogens is 326 g/mol. The van der Waals surface area contributed by atoms with Crippen LogP contribution in [0.5, 0.6) is 17.2 Å². The number of amides is 1. The summed E-state index contributed by atoms with van der Waals surface area (Å²) in [4.78, 5) is 24.3. The molecule has 7 nitrogen and oxygen atoms in total. The molecule has 1 amide bonds. The molecule has 0 saturated carbocycles. The number of benzene rings is 2. The van der Waals surface area contributed by atoms with Crippen molar-refractivity contribution in [3.05, 3.63) is 64.0 Å². The molecule has 0 radical (unpaired) electrons. The van der Waals surface area contributed by atoms with Crippen molar-refractivity contribution in [2.45, 2.75) is 6.54 Å². The van der Waals surface area contributed by atoms with Gasteiger partial charge in [-0.2, -0.15) is 0 Å². The molecule has 0 bridgehead atoms. The van der Waals surface area contributed by atoms with Crippen molar-refractivity contribution in [2.75, 3.05) is 7.11 Å². The lowest BCUT2D eigenvalue weighted by molar-refractivity contribution is 0.0923. The Morgan fingerprint density at radius 2 is 1.88 bits per heavy atom. The maximum Gasteiger partial charge on any atom is 0.287 e. The van der Waals surface area contributed by atoms with Gasteiger partial charge in [-0.25, -0.2) is 0 Å². The summed E-state index contributed by atoms with van der Waals surface area (Å²) in [6.45, 7) is 0.232. The van der Waals surface area contributed by atoms with Gasteiger partial charge in [-0.3, -0.25) is 9.59 Å². The summed E-state index contributed by atoms with van der Waals surface area (Å²) in [5.74, 6) is -0.776. The van der Waals surface area contributed by atoms with E-state index in [9.17, 15) is 19.8 Å². The molecule has 7 heteroatoms. The zero-order chi connectivity index (χ0) is 18.0. The molecule has 3 aromatic rings. The summed E-state index contributed by atoms with van der Waals surface area (Å²) in [5, 5.41) is 21.8. The van der Waals surface area contributed by atoms with Gasteiger partial charge in [0.15, 0.2) is 11.2 Å². The predicted octanol–water partition coefficient (Wildman–Crippen LogP) is 2.14. The fourth-order valence-corrected chi connectivity index (χ4v) is 2.38. The highest BCUT2D eigenvalue weighted by molar-refractivity contribution is 5.94. The lowest BCUT2D eigenvalue weighted by Crippen LogP contribution is -2.24. The van der Waals surface area contributed by atoms with E-state index in [0.717, 1.165) is 23.8 Å². The molecule has 1 aromatic heterocycles. The molecular formula is C18H15NO6. The van der Waals surface area contributed by atoms with E-state index >= 15 is 0 Å². The number of aromatic hydroxyl groups is 2. The van der Waals surface area contributed by atoms with Crippen LogP contribution in [-0.4, -0.2) is 23.2 Å². The highest BCUT2D eigenvalue weighted by atomic mass is 16.5. The first-order chi connectivity index (χ1) is 12.0. The average Bonchev–Trinajstić information content (AvgIpc) is 2.59. The molecule has 0 fully saturated rings. The lowest BCUT2D eigenvalue weighted by Gasteiger charge is -2.07. The Balaban J connectivity index is 1.83. The van der Waals surface area contributed by atoms with Crippen molar-refractivity contribution in [3.8, 4) is 17.2 Å². The Hall–Kier alpha value is -3.48. The zero-order valence-electron chi connectivity index (χ0n) is 13.3. The smallest absolute Gasteiger partial charge is 0.287 e. The summed E-state index contributed by atoms with van der Waals surface area (Å²) in [5.41, 5.74) is 0.195. The first kappa shape index (κ1) is 16.4. The van der Waals surface area contributed by atoms with Crippen LogP contribution in [0.4, 0.5) is 0 Å². The number of carbonyl (C=O) groups excluding carboxylic acids is 1. The molecule has 25 heavy (non-hydrogen) atoms. The van der Waals surface area contributed by atoms with Gasteiger partial charge >= 0.3 is 0 Å². The largest absolute Gasteiger partial charge is 0.508 e. The Bertz CT molecular complexity index is 991. The highest BCUT2D eigenvalue weighted by Gasteiger charge is 2.15. The minimum absolute atomic E-state index is 0.0698. The van der Waals surface area contributed by atoms with Gasteiger partial charge in [-0.15, -0.1) is 0 Å². The summed E-state index contributed by atoms with van der Waals surface area (Å²) in [6.07, 6.45) is 0. The van der Waals surface area contributed by atoms with E-state index in [4.69, 9.17) is 9.15 Å².